The maximum Gasteiger partial charge on any atom is 0.256 e. The highest BCUT2D eigenvalue weighted by Crippen LogP contribution is 2.31. The second-order valence-corrected chi connectivity index (χ2v) is 12.3. The third-order valence-electron chi connectivity index (χ3n) is 7.22. The van der Waals surface area contributed by atoms with Crippen LogP contribution in [0.25, 0.3) is 11.0 Å². The minimum atomic E-state index is -3.69. The summed E-state index contributed by atoms with van der Waals surface area (Å²) in [7, 11) is -0.342. The second kappa shape index (κ2) is 10.1. The van der Waals surface area contributed by atoms with Crippen molar-refractivity contribution in [3.8, 4) is 0 Å². The zero-order valence-electron chi connectivity index (χ0n) is 22.1. The molecular formula is C27H29ClN6O4S. The van der Waals surface area contributed by atoms with Gasteiger partial charge in [-0.05, 0) is 31.0 Å². The number of benzene rings is 2. The molecule has 10 nitrogen and oxygen atoms in total. The number of carbonyl (C=O) groups excluding carboxylic acids is 2. The van der Waals surface area contributed by atoms with E-state index in [1.165, 1.54) is 11.7 Å². The summed E-state index contributed by atoms with van der Waals surface area (Å²) in [4.78, 5) is 33.2. The molecular weight excluding hydrogens is 540 g/mol. The summed E-state index contributed by atoms with van der Waals surface area (Å²) in [6, 6.07) is 12.8. The number of hydrogen-bond donors (Lipinski definition) is 1. The van der Waals surface area contributed by atoms with Crippen molar-refractivity contribution in [2.45, 2.75) is 30.3 Å². The largest absolute Gasteiger partial charge is 0.348 e. The fourth-order valence-electron chi connectivity index (χ4n) is 5.41. The van der Waals surface area contributed by atoms with Crippen LogP contribution in [0.5, 0.6) is 0 Å². The highest BCUT2D eigenvalue weighted by molar-refractivity contribution is 7.90. The minimum Gasteiger partial charge on any atom is -0.348 e. The number of piperidine rings is 1. The van der Waals surface area contributed by atoms with Gasteiger partial charge in [0.1, 0.15) is 5.52 Å². The molecule has 1 N–H and O–H groups in total. The number of aromatic nitrogens is 4. The quantitative estimate of drug-likeness (QED) is 0.395. The standard InChI is InChI=1S/C27H29ClN6O4S/c1-16-23(27(33(3)31-16)39(4,37)38)25(35)30-21-10-11-34(14-19(21)17-8-6-5-7-9-17)26(36)18-12-20(28)24-22(13-18)32(2)15-29-24/h5-9,12-13,15,19,21H,10-11,14H2,1-4H3,(H,30,35)/t19-,21-/m1/s1. The molecule has 1 saturated heterocycles. The van der Waals surface area contributed by atoms with E-state index in [9.17, 15) is 18.0 Å². The van der Waals surface area contributed by atoms with Crippen LogP contribution in [-0.4, -0.2) is 69.9 Å². The molecule has 0 spiro atoms. The van der Waals surface area contributed by atoms with E-state index in [-0.39, 0.29) is 28.5 Å². The van der Waals surface area contributed by atoms with Gasteiger partial charge in [0.05, 0.1) is 28.1 Å². The van der Waals surface area contributed by atoms with Gasteiger partial charge < -0.3 is 14.8 Å². The topological polar surface area (TPSA) is 119 Å². The lowest BCUT2D eigenvalue weighted by Crippen LogP contribution is -2.51. The van der Waals surface area contributed by atoms with Gasteiger partial charge in [0.25, 0.3) is 11.8 Å². The Labute approximate surface area is 231 Å². The third-order valence-corrected chi connectivity index (χ3v) is 8.68. The van der Waals surface area contributed by atoms with Crippen molar-refractivity contribution in [3.63, 3.8) is 0 Å². The number of hydrogen-bond acceptors (Lipinski definition) is 6. The number of fused-ring (bicyclic) bond motifs is 1. The molecule has 39 heavy (non-hydrogen) atoms. The van der Waals surface area contributed by atoms with Crippen molar-refractivity contribution >= 4 is 44.3 Å². The Kier molecular flexibility index (Phi) is 6.98. The van der Waals surface area contributed by atoms with Crippen LogP contribution in [0.2, 0.25) is 5.02 Å². The van der Waals surface area contributed by atoms with Crippen molar-refractivity contribution in [1.82, 2.24) is 29.5 Å². The predicted molar refractivity (Wildman–Crippen MR) is 148 cm³/mol. The van der Waals surface area contributed by atoms with E-state index >= 15 is 0 Å². The summed E-state index contributed by atoms with van der Waals surface area (Å²) in [5, 5.41) is 7.52. The van der Waals surface area contributed by atoms with E-state index < -0.39 is 15.7 Å². The fraction of sp³-hybridized carbons (Fsp3) is 0.333. The Morgan fingerprint density at radius 1 is 1.13 bits per heavy atom. The molecule has 0 saturated carbocycles. The fourth-order valence-corrected chi connectivity index (χ4v) is 6.80. The van der Waals surface area contributed by atoms with Gasteiger partial charge in [0, 0.05) is 51.0 Å². The summed E-state index contributed by atoms with van der Waals surface area (Å²) < 4.78 is 27.9. The molecule has 1 aliphatic rings. The first-order valence-electron chi connectivity index (χ1n) is 12.4. The Morgan fingerprint density at radius 2 is 1.85 bits per heavy atom. The molecule has 0 unspecified atom stereocenters. The summed E-state index contributed by atoms with van der Waals surface area (Å²) >= 11 is 6.44. The number of rotatable bonds is 5. The summed E-state index contributed by atoms with van der Waals surface area (Å²) in [6.07, 6.45) is 3.20. The number of imidazole rings is 1. The Morgan fingerprint density at radius 3 is 2.54 bits per heavy atom. The lowest BCUT2D eigenvalue weighted by molar-refractivity contribution is 0.0671. The number of nitrogens with one attached hydrogen (secondary N) is 1. The zero-order chi connectivity index (χ0) is 28.1. The molecule has 2 aromatic carbocycles. The van der Waals surface area contributed by atoms with Gasteiger partial charge in [-0.25, -0.2) is 13.4 Å². The molecule has 2 aromatic heterocycles. The first-order valence-corrected chi connectivity index (χ1v) is 14.7. The first kappa shape index (κ1) is 26.9. The van der Waals surface area contributed by atoms with E-state index in [1.54, 1.807) is 30.3 Å². The monoisotopic (exact) mass is 568 g/mol. The number of amides is 2. The average Bonchev–Trinajstić information content (AvgIpc) is 3.42. The number of aryl methyl sites for hydroxylation is 3. The van der Waals surface area contributed by atoms with Gasteiger partial charge >= 0.3 is 0 Å². The molecule has 4 aromatic rings. The molecule has 0 radical (unpaired) electrons. The number of carbonyl (C=O) groups is 2. The number of halogens is 1. The molecule has 0 bridgehead atoms. The molecule has 5 rings (SSSR count). The molecule has 204 valence electrons. The summed E-state index contributed by atoms with van der Waals surface area (Å²) in [5.41, 5.74) is 3.21. The van der Waals surface area contributed by atoms with E-state index in [4.69, 9.17) is 11.6 Å². The lowest BCUT2D eigenvalue weighted by Gasteiger charge is -2.39. The first-order chi connectivity index (χ1) is 18.5. The van der Waals surface area contributed by atoms with Gasteiger partial charge in [0.15, 0.2) is 14.9 Å². The molecule has 0 aliphatic carbocycles. The maximum atomic E-state index is 13.6. The molecule has 2 amide bonds. The second-order valence-electron chi connectivity index (χ2n) is 9.98. The van der Waals surface area contributed by atoms with Crippen LogP contribution in [0, 0.1) is 6.92 Å². The molecule has 3 heterocycles. The van der Waals surface area contributed by atoms with E-state index in [1.807, 2.05) is 41.9 Å². The lowest BCUT2D eigenvalue weighted by atomic mass is 9.85. The number of nitrogens with zero attached hydrogens (tertiary/aromatic N) is 5. The van der Waals surface area contributed by atoms with Gasteiger partial charge in [-0.3, -0.25) is 14.3 Å². The molecule has 2 atom stereocenters. The van der Waals surface area contributed by atoms with E-state index in [0.29, 0.717) is 41.3 Å². The molecule has 1 aliphatic heterocycles. The van der Waals surface area contributed by atoms with Crippen LogP contribution in [0.15, 0.2) is 53.8 Å². The van der Waals surface area contributed by atoms with Crippen molar-refractivity contribution in [2.75, 3.05) is 19.3 Å². The van der Waals surface area contributed by atoms with Crippen LogP contribution in [-0.2, 0) is 23.9 Å². The van der Waals surface area contributed by atoms with E-state index in [2.05, 4.69) is 15.4 Å². The minimum absolute atomic E-state index is 0.0458. The van der Waals surface area contributed by atoms with Gasteiger partial charge in [-0.15, -0.1) is 0 Å². The Balaban J connectivity index is 1.44. The van der Waals surface area contributed by atoms with Crippen LogP contribution in [0.3, 0.4) is 0 Å². The highest BCUT2D eigenvalue weighted by atomic mass is 35.5. The molecule has 12 heteroatoms. The van der Waals surface area contributed by atoms with E-state index in [0.717, 1.165) is 17.3 Å². The SMILES string of the molecule is Cc1nn(C)c(S(C)(=O)=O)c1C(=O)N[C@@H]1CCN(C(=O)c2cc(Cl)c3ncn(C)c3c2)C[C@@H]1c1ccccc1. The van der Waals surface area contributed by atoms with Crippen molar-refractivity contribution < 1.29 is 18.0 Å². The Hall–Kier alpha value is -3.70. The normalized spacial score (nSPS) is 17.9. The summed E-state index contributed by atoms with van der Waals surface area (Å²) in [5.74, 6) is -0.879. The predicted octanol–water partition coefficient (Wildman–Crippen LogP) is 3.10. The highest BCUT2D eigenvalue weighted by Gasteiger charge is 2.36. The van der Waals surface area contributed by atoms with Crippen LogP contribution < -0.4 is 5.32 Å². The van der Waals surface area contributed by atoms with Crippen LogP contribution in [0.1, 0.15) is 44.3 Å². The smallest absolute Gasteiger partial charge is 0.256 e. The maximum absolute atomic E-state index is 13.6. The van der Waals surface area contributed by atoms with Crippen LogP contribution >= 0.6 is 11.6 Å². The van der Waals surface area contributed by atoms with Crippen LogP contribution in [0.4, 0.5) is 0 Å². The Bertz CT molecular complexity index is 1700. The van der Waals surface area contributed by atoms with Gasteiger partial charge in [-0.1, -0.05) is 41.9 Å². The van der Waals surface area contributed by atoms with Crippen molar-refractivity contribution in [3.05, 3.63) is 76.2 Å². The number of sulfone groups is 1. The molecule has 1 fully saturated rings. The number of likely N-dealkylation sites (tertiary alicyclic amines) is 1. The third kappa shape index (κ3) is 5.04. The average molecular weight is 569 g/mol. The van der Waals surface area contributed by atoms with Gasteiger partial charge in [0.2, 0.25) is 0 Å². The van der Waals surface area contributed by atoms with Crippen molar-refractivity contribution in [2.24, 2.45) is 14.1 Å². The van der Waals surface area contributed by atoms with Crippen molar-refractivity contribution in [1.29, 1.82) is 0 Å². The zero-order valence-corrected chi connectivity index (χ0v) is 23.6. The van der Waals surface area contributed by atoms with Gasteiger partial charge in [-0.2, -0.15) is 5.10 Å². The summed E-state index contributed by atoms with van der Waals surface area (Å²) in [6.45, 7) is 2.38.